The van der Waals surface area contributed by atoms with E-state index in [1.807, 2.05) is 44.2 Å². The number of benzene rings is 1. The fourth-order valence-electron chi connectivity index (χ4n) is 4.05. The number of anilines is 2. The lowest BCUT2D eigenvalue weighted by molar-refractivity contribution is 0.0767. The SMILES string of the molecule is Cc1ccc(C(=O)Nc2nnc(C)c3c2C(=O)N(Cc2cccc(N4CCOC4=N)c2)C3)s1. The highest BCUT2D eigenvalue weighted by Crippen LogP contribution is 2.31. The number of nitrogens with one attached hydrogen (secondary N) is 2. The van der Waals surface area contributed by atoms with Crippen molar-refractivity contribution in [3.05, 3.63) is 68.5 Å². The molecule has 2 aliphatic rings. The smallest absolute Gasteiger partial charge is 0.289 e. The van der Waals surface area contributed by atoms with E-state index in [4.69, 9.17) is 10.1 Å². The van der Waals surface area contributed by atoms with Gasteiger partial charge in [0.15, 0.2) is 5.82 Å². The van der Waals surface area contributed by atoms with Crippen LogP contribution in [0.3, 0.4) is 0 Å². The summed E-state index contributed by atoms with van der Waals surface area (Å²) in [5, 5.41) is 19.0. The Labute approximate surface area is 194 Å². The Hall–Kier alpha value is -3.79. The molecule has 0 spiro atoms. The van der Waals surface area contributed by atoms with E-state index >= 15 is 0 Å². The third-order valence-corrected chi connectivity index (χ3v) is 6.72. The summed E-state index contributed by atoms with van der Waals surface area (Å²) in [5.41, 5.74) is 3.64. The molecule has 2 amide bonds. The van der Waals surface area contributed by atoms with Crippen molar-refractivity contribution in [1.29, 1.82) is 5.41 Å². The quantitative estimate of drug-likeness (QED) is 0.602. The lowest BCUT2D eigenvalue weighted by Crippen LogP contribution is -2.26. The van der Waals surface area contributed by atoms with Crippen molar-refractivity contribution in [2.45, 2.75) is 26.9 Å². The third kappa shape index (κ3) is 3.93. The monoisotopic (exact) mass is 462 g/mol. The number of thiophene rings is 1. The van der Waals surface area contributed by atoms with Crippen LogP contribution in [0.1, 0.15) is 41.7 Å². The maximum Gasteiger partial charge on any atom is 0.289 e. The number of fused-ring (bicyclic) bond motifs is 1. The number of carbonyl (C=O) groups is 2. The number of carbonyl (C=O) groups excluding carboxylic acids is 2. The van der Waals surface area contributed by atoms with Gasteiger partial charge in [0.25, 0.3) is 17.8 Å². The van der Waals surface area contributed by atoms with Gasteiger partial charge in [0.1, 0.15) is 6.61 Å². The maximum absolute atomic E-state index is 13.3. The number of aromatic nitrogens is 2. The molecule has 10 heteroatoms. The molecule has 0 atom stereocenters. The zero-order chi connectivity index (χ0) is 23.1. The number of amides is 2. The van der Waals surface area contributed by atoms with Crippen LogP contribution in [0.25, 0.3) is 0 Å². The van der Waals surface area contributed by atoms with E-state index in [-0.39, 0.29) is 23.7 Å². The number of ether oxygens (including phenoxy) is 1. The van der Waals surface area contributed by atoms with Crippen LogP contribution >= 0.6 is 11.3 Å². The molecule has 0 radical (unpaired) electrons. The first-order chi connectivity index (χ1) is 15.9. The fraction of sp³-hybridized carbons (Fsp3) is 0.261. The molecule has 0 bridgehead atoms. The van der Waals surface area contributed by atoms with Crippen molar-refractivity contribution in [2.75, 3.05) is 23.4 Å². The van der Waals surface area contributed by atoms with E-state index in [1.54, 1.807) is 15.9 Å². The highest BCUT2D eigenvalue weighted by atomic mass is 32.1. The molecule has 168 valence electrons. The van der Waals surface area contributed by atoms with Gasteiger partial charge < -0.3 is 15.0 Å². The van der Waals surface area contributed by atoms with Gasteiger partial charge in [-0.1, -0.05) is 12.1 Å². The Kier molecular flexibility index (Phi) is 5.29. The highest BCUT2D eigenvalue weighted by Gasteiger charge is 2.34. The summed E-state index contributed by atoms with van der Waals surface area (Å²) in [6.45, 7) is 5.64. The first-order valence-corrected chi connectivity index (χ1v) is 11.3. The number of nitrogens with zero attached hydrogens (tertiary/aromatic N) is 4. The standard InChI is InChI=1S/C23H22N6O3S/c1-13-6-7-18(33-13)21(30)25-20-19-17(14(2)26-27-20)12-28(22(19)31)11-15-4-3-5-16(10-15)29-8-9-32-23(29)24/h3-7,10,24H,8-9,11-12H2,1-2H3,(H,25,27,30). The van der Waals surface area contributed by atoms with Gasteiger partial charge in [-0.15, -0.1) is 16.4 Å². The van der Waals surface area contributed by atoms with Gasteiger partial charge in [-0.3, -0.25) is 19.9 Å². The van der Waals surface area contributed by atoms with E-state index in [9.17, 15) is 9.59 Å². The van der Waals surface area contributed by atoms with Crippen LogP contribution in [0.2, 0.25) is 0 Å². The Balaban J connectivity index is 1.38. The molecule has 1 saturated heterocycles. The van der Waals surface area contributed by atoms with Gasteiger partial charge in [-0.2, -0.15) is 5.10 Å². The number of rotatable bonds is 5. The molecule has 3 aromatic rings. The average Bonchev–Trinajstić information content (AvgIpc) is 3.50. The number of aryl methyl sites for hydroxylation is 2. The maximum atomic E-state index is 13.3. The Morgan fingerprint density at radius 1 is 1.24 bits per heavy atom. The molecule has 33 heavy (non-hydrogen) atoms. The zero-order valence-electron chi connectivity index (χ0n) is 18.2. The van der Waals surface area contributed by atoms with Crippen LogP contribution in [0, 0.1) is 19.3 Å². The number of amidine groups is 1. The second-order valence-corrected chi connectivity index (χ2v) is 9.28. The van der Waals surface area contributed by atoms with E-state index in [0.29, 0.717) is 42.4 Å². The van der Waals surface area contributed by atoms with Crippen molar-refractivity contribution in [1.82, 2.24) is 15.1 Å². The van der Waals surface area contributed by atoms with Gasteiger partial charge in [0.2, 0.25) is 0 Å². The van der Waals surface area contributed by atoms with Crippen molar-refractivity contribution in [3.63, 3.8) is 0 Å². The van der Waals surface area contributed by atoms with Gasteiger partial charge in [0.05, 0.1) is 22.7 Å². The second-order valence-electron chi connectivity index (χ2n) is 7.99. The van der Waals surface area contributed by atoms with Crippen LogP contribution in [0.5, 0.6) is 0 Å². The minimum absolute atomic E-state index is 0.130. The van der Waals surface area contributed by atoms with Crippen LogP contribution in [0.15, 0.2) is 36.4 Å². The molecule has 5 rings (SSSR count). The Bertz CT molecular complexity index is 1290. The Morgan fingerprint density at radius 2 is 2.09 bits per heavy atom. The summed E-state index contributed by atoms with van der Waals surface area (Å²) in [6, 6.07) is 11.5. The van der Waals surface area contributed by atoms with Gasteiger partial charge >= 0.3 is 0 Å². The van der Waals surface area contributed by atoms with Gasteiger partial charge in [0, 0.05) is 29.2 Å². The lowest BCUT2D eigenvalue weighted by atomic mass is 10.1. The fourth-order valence-corrected chi connectivity index (χ4v) is 4.81. The molecule has 2 N–H and O–H groups in total. The Morgan fingerprint density at radius 3 is 2.82 bits per heavy atom. The summed E-state index contributed by atoms with van der Waals surface area (Å²) < 4.78 is 5.24. The van der Waals surface area contributed by atoms with Crippen LogP contribution < -0.4 is 10.2 Å². The van der Waals surface area contributed by atoms with Crippen molar-refractivity contribution < 1.29 is 14.3 Å². The molecule has 2 aromatic heterocycles. The molecule has 1 aromatic carbocycles. The first kappa shape index (κ1) is 21.1. The molecular weight excluding hydrogens is 440 g/mol. The summed E-state index contributed by atoms with van der Waals surface area (Å²) >= 11 is 1.38. The summed E-state index contributed by atoms with van der Waals surface area (Å²) in [4.78, 5) is 31.1. The lowest BCUT2D eigenvalue weighted by Gasteiger charge is -2.19. The van der Waals surface area contributed by atoms with E-state index in [0.717, 1.165) is 21.7 Å². The number of hydrogen-bond acceptors (Lipinski definition) is 7. The third-order valence-electron chi connectivity index (χ3n) is 5.72. The zero-order valence-corrected chi connectivity index (χ0v) is 19.0. The summed E-state index contributed by atoms with van der Waals surface area (Å²) in [5.74, 6) is -0.304. The molecule has 1 fully saturated rings. The normalized spacial score (nSPS) is 15.1. The van der Waals surface area contributed by atoms with E-state index in [2.05, 4.69) is 15.5 Å². The highest BCUT2D eigenvalue weighted by molar-refractivity contribution is 7.14. The minimum Gasteiger partial charge on any atom is -0.463 e. The number of hydrogen-bond donors (Lipinski definition) is 2. The molecule has 4 heterocycles. The van der Waals surface area contributed by atoms with Crippen LogP contribution in [-0.4, -0.2) is 46.1 Å². The van der Waals surface area contributed by atoms with Crippen molar-refractivity contribution in [3.8, 4) is 0 Å². The largest absolute Gasteiger partial charge is 0.463 e. The first-order valence-electron chi connectivity index (χ1n) is 10.5. The minimum atomic E-state index is -0.303. The van der Waals surface area contributed by atoms with E-state index in [1.165, 1.54) is 11.3 Å². The second kappa shape index (κ2) is 8.28. The average molecular weight is 463 g/mol. The van der Waals surface area contributed by atoms with Crippen LogP contribution in [-0.2, 0) is 17.8 Å². The molecule has 9 nitrogen and oxygen atoms in total. The van der Waals surface area contributed by atoms with Gasteiger partial charge in [-0.05, 0) is 43.7 Å². The molecule has 0 saturated carbocycles. The molecule has 2 aliphatic heterocycles. The molecular formula is C23H22N6O3S. The van der Waals surface area contributed by atoms with Crippen molar-refractivity contribution >= 4 is 40.7 Å². The molecule has 0 aliphatic carbocycles. The molecule has 0 unspecified atom stereocenters. The topological polar surface area (TPSA) is 112 Å². The van der Waals surface area contributed by atoms with Crippen molar-refractivity contribution in [2.24, 2.45) is 0 Å². The predicted molar refractivity (Wildman–Crippen MR) is 125 cm³/mol. The van der Waals surface area contributed by atoms with Crippen LogP contribution in [0.4, 0.5) is 11.5 Å². The van der Waals surface area contributed by atoms with E-state index < -0.39 is 0 Å². The predicted octanol–water partition coefficient (Wildman–Crippen LogP) is 3.33. The summed E-state index contributed by atoms with van der Waals surface area (Å²) in [7, 11) is 0. The van der Waals surface area contributed by atoms with Gasteiger partial charge in [-0.25, -0.2) is 0 Å². The summed E-state index contributed by atoms with van der Waals surface area (Å²) in [6.07, 6.45) is 0.